The molecule has 8 nitrogen and oxygen atoms in total. The second-order valence-electron chi connectivity index (χ2n) is 13.4. The molecule has 2 saturated heterocycles. The predicted octanol–water partition coefficient (Wildman–Crippen LogP) is 6.23. The summed E-state index contributed by atoms with van der Waals surface area (Å²) in [5.74, 6) is -2.48. The van der Waals surface area contributed by atoms with Gasteiger partial charge >= 0.3 is 5.97 Å². The number of phenols is 1. The number of carbonyl (C=O) groups is 2. The number of aromatic hydroxyl groups is 1. The van der Waals surface area contributed by atoms with Crippen molar-refractivity contribution in [3.8, 4) is 5.75 Å². The Morgan fingerprint density at radius 2 is 1.79 bits per heavy atom. The second kappa shape index (κ2) is 14.4. The molecule has 2 heterocycles. The largest absolute Gasteiger partial charge is 0.507 e. The SMILES string of the molecule is CC[C@H]1C[C@@](CC)([C@H]2CC[C@](O)(CC)[C@H](C)O2)O[C@@H]1[C@H](CC)C(=O)[C@@H](C)[C@@H](O)[C@H](C)CCc1ccc(C)c(O)c1C(=O)O. The summed E-state index contributed by atoms with van der Waals surface area (Å²) in [6.07, 6.45) is 4.27. The number of aromatic carboxylic acids is 1. The highest BCUT2D eigenvalue weighted by atomic mass is 16.6. The number of rotatable bonds is 14. The van der Waals surface area contributed by atoms with E-state index in [0.717, 1.165) is 19.3 Å². The van der Waals surface area contributed by atoms with E-state index in [2.05, 4.69) is 13.8 Å². The maximum absolute atomic E-state index is 14.0. The first-order valence-electron chi connectivity index (χ1n) is 16.5. The van der Waals surface area contributed by atoms with Gasteiger partial charge < -0.3 is 29.9 Å². The summed E-state index contributed by atoms with van der Waals surface area (Å²) < 4.78 is 13.4. The van der Waals surface area contributed by atoms with Gasteiger partial charge in [0.1, 0.15) is 17.1 Å². The van der Waals surface area contributed by atoms with Crippen molar-refractivity contribution < 1.29 is 39.5 Å². The molecule has 244 valence electrons. The highest BCUT2D eigenvalue weighted by Crippen LogP contribution is 2.49. The first kappa shape index (κ1) is 35.5. The van der Waals surface area contributed by atoms with Crippen LogP contribution < -0.4 is 0 Å². The molecule has 0 unspecified atom stereocenters. The molecule has 0 bridgehead atoms. The Morgan fingerprint density at radius 3 is 2.33 bits per heavy atom. The number of Topliss-reactive ketones (excluding diaryl/α,β-unsaturated/α-hetero) is 1. The van der Waals surface area contributed by atoms with Gasteiger partial charge in [-0.25, -0.2) is 4.79 Å². The molecule has 0 radical (unpaired) electrons. The average molecular weight is 605 g/mol. The lowest BCUT2D eigenvalue weighted by Crippen LogP contribution is -2.55. The minimum absolute atomic E-state index is 0.00491. The Labute approximate surface area is 258 Å². The molecule has 10 atom stereocenters. The molecule has 3 rings (SSSR count). The van der Waals surface area contributed by atoms with E-state index in [1.54, 1.807) is 26.0 Å². The van der Waals surface area contributed by atoms with E-state index < -0.39 is 29.2 Å². The van der Waals surface area contributed by atoms with Crippen molar-refractivity contribution in [2.24, 2.45) is 23.7 Å². The number of ketones is 1. The molecular formula is C35H56O8. The Hall–Kier alpha value is -2.00. The summed E-state index contributed by atoms with van der Waals surface area (Å²) in [7, 11) is 0. The summed E-state index contributed by atoms with van der Waals surface area (Å²) in [5, 5.41) is 42.2. The number of hydrogen-bond donors (Lipinski definition) is 4. The first-order valence-corrected chi connectivity index (χ1v) is 16.5. The van der Waals surface area contributed by atoms with E-state index in [1.165, 1.54) is 0 Å². The molecule has 0 amide bonds. The lowest BCUT2D eigenvalue weighted by atomic mass is 9.75. The van der Waals surface area contributed by atoms with Crippen LogP contribution in [-0.4, -0.2) is 67.8 Å². The number of ether oxygens (including phenoxy) is 2. The number of hydrogen-bond acceptors (Lipinski definition) is 7. The Balaban J connectivity index is 1.73. The molecule has 1 aromatic rings. The Bertz CT molecular complexity index is 1120. The van der Waals surface area contributed by atoms with Gasteiger partial charge in [0.2, 0.25) is 0 Å². The molecule has 0 spiro atoms. The monoisotopic (exact) mass is 604 g/mol. The Morgan fingerprint density at radius 1 is 1.12 bits per heavy atom. The third kappa shape index (κ3) is 7.13. The maximum Gasteiger partial charge on any atom is 0.339 e. The molecule has 1 aromatic carbocycles. The molecule has 0 saturated carbocycles. The van der Waals surface area contributed by atoms with Crippen molar-refractivity contribution in [2.45, 2.75) is 149 Å². The number of carboxylic acid groups (broad SMARTS) is 1. The standard InChI is InChI=1S/C35H56O8/c1-9-24-19-35(12-4,27-17-18-34(41,11-3)23(8)42-27)43-32(24)26(10-2)31(38)22(7)29(36)20(5)13-15-25-16-14-21(6)30(37)28(25)33(39)40/h14,16,20,22-24,26-27,29,32,36-37,41H,9-13,15,17-19H2,1-8H3,(H,39,40)/t20-,22+,23+,24+,26-,27-,29+,32+,34-,35+/m1/s1. The van der Waals surface area contributed by atoms with Crippen molar-refractivity contribution in [2.75, 3.05) is 0 Å². The fourth-order valence-electron chi connectivity index (χ4n) is 7.63. The fraction of sp³-hybridized carbons (Fsp3) is 0.771. The molecule has 8 heteroatoms. The number of benzene rings is 1. The van der Waals surface area contributed by atoms with Crippen LogP contribution in [-0.2, 0) is 20.7 Å². The first-order chi connectivity index (χ1) is 20.2. The highest BCUT2D eigenvalue weighted by molar-refractivity contribution is 5.93. The van der Waals surface area contributed by atoms with Gasteiger partial charge in [-0.1, -0.05) is 60.1 Å². The van der Waals surface area contributed by atoms with Crippen LogP contribution in [0.3, 0.4) is 0 Å². The molecular weight excluding hydrogens is 548 g/mol. The van der Waals surface area contributed by atoms with Gasteiger partial charge in [0, 0.05) is 11.8 Å². The third-order valence-corrected chi connectivity index (χ3v) is 11.0. The van der Waals surface area contributed by atoms with Crippen molar-refractivity contribution in [3.05, 3.63) is 28.8 Å². The maximum atomic E-state index is 14.0. The summed E-state index contributed by atoms with van der Waals surface area (Å²) >= 11 is 0. The minimum atomic E-state index is -1.18. The molecule has 43 heavy (non-hydrogen) atoms. The van der Waals surface area contributed by atoms with E-state index in [9.17, 15) is 30.0 Å². The summed E-state index contributed by atoms with van der Waals surface area (Å²) in [4.78, 5) is 25.8. The van der Waals surface area contributed by atoms with Crippen LogP contribution in [0.4, 0.5) is 0 Å². The predicted molar refractivity (Wildman–Crippen MR) is 166 cm³/mol. The van der Waals surface area contributed by atoms with Crippen LogP contribution >= 0.6 is 0 Å². The van der Waals surface area contributed by atoms with E-state index in [1.807, 2.05) is 27.7 Å². The van der Waals surface area contributed by atoms with Gasteiger partial charge in [0.15, 0.2) is 0 Å². The second-order valence-corrected chi connectivity index (χ2v) is 13.4. The highest BCUT2D eigenvalue weighted by Gasteiger charge is 2.55. The fourth-order valence-corrected chi connectivity index (χ4v) is 7.63. The van der Waals surface area contributed by atoms with Crippen LogP contribution in [0.2, 0.25) is 0 Å². The van der Waals surface area contributed by atoms with E-state index >= 15 is 0 Å². The number of aliphatic hydroxyl groups is 2. The zero-order valence-electron chi connectivity index (χ0n) is 27.6. The zero-order chi connectivity index (χ0) is 32.3. The van der Waals surface area contributed by atoms with Gasteiger partial charge in [-0.15, -0.1) is 0 Å². The number of aliphatic hydroxyl groups excluding tert-OH is 1. The molecule has 2 aliphatic rings. The summed E-state index contributed by atoms with van der Waals surface area (Å²) in [6.45, 7) is 15.5. The zero-order valence-corrected chi connectivity index (χ0v) is 27.6. The molecule has 0 aliphatic carbocycles. The van der Waals surface area contributed by atoms with Crippen molar-refractivity contribution in [1.29, 1.82) is 0 Å². The van der Waals surface area contributed by atoms with Gasteiger partial charge in [-0.2, -0.15) is 0 Å². The summed E-state index contributed by atoms with van der Waals surface area (Å²) in [5.41, 5.74) is -0.433. The normalized spacial score (nSPS) is 32.2. The number of carbonyl (C=O) groups excluding carboxylic acids is 1. The van der Waals surface area contributed by atoms with Crippen LogP contribution in [0.1, 0.15) is 121 Å². The lowest BCUT2D eigenvalue weighted by molar-refractivity contribution is -0.229. The molecule has 2 aliphatic heterocycles. The summed E-state index contributed by atoms with van der Waals surface area (Å²) in [6, 6.07) is 3.41. The van der Waals surface area contributed by atoms with Crippen molar-refractivity contribution in [1.82, 2.24) is 0 Å². The van der Waals surface area contributed by atoms with E-state index in [-0.39, 0.29) is 53.2 Å². The van der Waals surface area contributed by atoms with Crippen molar-refractivity contribution >= 4 is 11.8 Å². The number of carboxylic acids is 1. The van der Waals surface area contributed by atoms with Crippen LogP contribution in [0.25, 0.3) is 0 Å². The van der Waals surface area contributed by atoms with E-state index in [4.69, 9.17) is 9.47 Å². The third-order valence-electron chi connectivity index (χ3n) is 11.0. The van der Waals surface area contributed by atoms with Crippen LogP contribution in [0, 0.1) is 30.6 Å². The molecule has 0 aromatic heterocycles. The van der Waals surface area contributed by atoms with Crippen LogP contribution in [0.5, 0.6) is 5.75 Å². The lowest BCUT2D eigenvalue weighted by Gasteiger charge is -2.47. The smallest absolute Gasteiger partial charge is 0.339 e. The topological polar surface area (TPSA) is 134 Å². The van der Waals surface area contributed by atoms with Gasteiger partial charge in [0.05, 0.1) is 35.6 Å². The molecule has 4 N–H and O–H groups in total. The minimum Gasteiger partial charge on any atom is -0.507 e. The van der Waals surface area contributed by atoms with Crippen molar-refractivity contribution in [3.63, 3.8) is 0 Å². The Kier molecular flexibility index (Phi) is 11.9. The number of aryl methyl sites for hydroxylation is 2. The van der Waals surface area contributed by atoms with Crippen LogP contribution in [0.15, 0.2) is 12.1 Å². The van der Waals surface area contributed by atoms with Gasteiger partial charge in [0.25, 0.3) is 0 Å². The average Bonchev–Trinajstić information content (AvgIpc) is 3.38. The quantitative estimate of drug-likeness (QED) is 0.196. The molecule has 2 fully saturated rings. The van der Waals surface area contributed by atoms with Gasteiger partial charge in [-0.3, -0.25) is 4.79 Å². The van der Waals surface area contributed by atoms with E-state index in [0.29, 0.717) is 49.7 Å². The van der Waals surface area contributed by atoms with Gasteiger partial charge in [-0.05, 0) is 88.2 Å².